The molecule has 1 aliphatic rings. The second-order valence-electron chi connectivity index (χ2n) is 8.80. The van der Waals surface area contributed by atoms with Crippen molar-refractivity contribution >= 4 is 17.7 Å². The first-order chi connectivity index (χ1) is 17.4. The number of rotatable bonds is 9. The summed E-state index contributed by atoms with van der Waals surface area (Å²) in [6.45, 7) is 7.94. The maximum Gasteiger partial charge on any atom is 0.246 e. The van der Waals surface area contributed by atoms with Gasteiger partial charge in [0.2, 0.25) is 5.91 Å². The summed E-state index contributed by atoms with van der Waals surface area (Å²) in [6, 6.07) is 13.9. The number of hydrogen-bond donors (Lipinski definition) is 0. The predicted molar refractivity (Wildman–Crippen MR) is 138 cm³/mol. The second-order valence-corrected chi connectivity index (χ2v) is 8.80. The summed E-state index contributed by atoms with van der Waals surface area (Å²) < 4.78 is 22.0. The molecule has 1 amide bonds. The average molecular weight is 492 g/mol. The molecule has 1 aliphatic heterocycles. The molecule has 0 radical (unpaired) electrons. The molecular formula is C28H33N3O5. The van der Waals surface area contributed by atoms with Crippen molar-refractivity contribution in [1.82, 2.24) is 10.1 Å². The zero-order chi connectivity index (χ0) is 25.5. The van der Waals surface area contributed by atoms with Crippen LogP contribution in [-0.4, -0.2) is 56.4 Å². The van der Waals surface area contributed by atoms with Gasteiger partial charge in [-0.2, -0.15) is 0 Å². The van der Waals surface area contributed by atoms with Crippen LogP contribution in [0.25, 0.3) is 6.08 Å². The van der Waals surface area contributed by atoms with Gasteiger partial charge in [0.25, 0.3) is 0 Å². The number of anilines is 1. The van der Waals surface area contributed by atoms with Gasteiger partial charge in [0.1, 0.15) is 12.4 Å². The molecule has 0 atom stereocenters. The molecule has 1 saturated heterocycles. The molecule has 0 spiro atoms. The number of hydrogen-bond acceptors (Lipinski definition) is 7. The number of carbonyl (C=O) groups excluding carboxylic acids is 1. The van der Waals surface area contributed by atoms with E-state index in [4.69, 9.17) is 18.7 Å². The lowest BCUT2D eigenvalue weighted by atomic mass is 10.1. The largest absolute Gasteiger partial charge is 0.493 e. The fraction of sp³-hybridized carbons (Fsp3) is 0.357. The number of benzene rings is 2. The molecule has 0 unspecified atom stereocenters. The molecular weight excluding hydrogens is 458 g/mol. The van der Waals surface area contributed by atoms with E-state index >= 15 is 0 Å². The number of carbonyl (C=O) groups is 1. The Bertz CT molecular complexity index is 1180. The number of morpholine rings is 1. The molecule has 8 heteroatoms. The van der Waals surface area contributed by atoms with Gasteiger partial charge in [-0.05, 0) is 55.3 Å². The van der Waals surface area contributed by atoms with Crippen LogP contribution in [0.4, 0.5) is 5.69 Å². The molecule has 2 aromatic carbocycles. The number of likely N-dealkylation sites (N-methyl/N-ethyl adjacent to an activating group) is 1. The third kappa shape index (κ3) is 6.26. The van der Waals surface area contributed by atoms with Gasteiger partial charge in [-0.3, -0.25) is 4.79 Å². The van der Waals surface area contributed by atoms with Crippen molar-refractivity contribution in [3.05, 3.63) is 76.7 Å². The molecule has 3 aromatic rings. The Balaban J connectivity index is 1.33. The van der Waals surface area contributed by atoms with E-state index in [0.717, 1.165) is 54.4 Å². The normalized spacial score (nSPS) is 13.7. The molecule has 0 saturated carbocycles. The molecule has 1 fully saturated rings. The fourth-order valence-corrected chi connectivity index (χ4v) is 4.05. The Labute approximate surface area is 212 Å². The van der Waals surface area contributed by atoms with Crippen LogP contribution in [0.1, 0.15) is 28.1 Å². The number of ether oxygens (including phenoxy) is 3. The Morgan fingerprint density at radius 2 is 1.86 bits per heavy atom. The maximum absolute atomic E-state index is 12.7. The minimum atomic E-state index is -0.0787. The smallest absolute Gasteiger partial charge is 0.246 e. The number of methoxy groups -OCH3 is 1. The summed E-state index contributed by atoms with van der Waals surface area (Å²) in [5, 5.41) is 3.95. The fourth-order valence-electron chi connectivity index (χ4n) is 4.05. The monoisotopic (exact) mass is 491 g/mol. The first-order valence-corrected chi connectivity index (χ1v) is 12.0. The minimum Gasteiger partial charge on any atom is -0.493 e. The highest BCUT2D eigenvalue weighted by molar-refractivity contribution is 5.91. The molecule has 1 aromatic heterocycles. The Hall–Kier alpha value is -3.78. The lowest BCUT2D eigenvalue weighted by molar-refractivity contribution is -0.125. The first-order valence-electron chi connectivity index (χ1n) is 12.0. The van der Waals surface area contributed by atoms with Crippen LogP contribution in [0.5, 0.6) is 11.5 Å². The van der Waals surface area contributed by atoms with E-state index in [-0.39, 0.29) is 5.91 Å². The molecule has 0 aliphatic carbocycles. The lowest BCUT2D eigenvalue weighted by Crippen LogP contribution is -2.36. The van der Waals surface area contributed by atoms with Crippen molar-refractivity contribution in [2.45, 2.75) is 27.0 Å². The minimum absolute atomic E-state index is 0.0787. The third-order valence-electron chi connectivity index (χ3n) is 6.27. The Morgan fingerprint density at radius 1 is 1.11 bits per heavy atom. The number of amides is 1. The van der Waals surface area contributed by atoms with Crippen LogP contribution >= 0.6 is 0 Å². The number of aryl methyl sites for hydroxylation is 2. The van der Waals surface area contributed by atoms with Crippen LogP contribution < -0.4 is 14.4 Å². The predicted octanol–water partition coefficient (Wildman–Crippen LogP) is 4.39. The number of aromatic nitrogens is 1. The highest BCUT2D eigenvalue weighted by Crippen LogP contribution is 2.30. The molecule has 0 N–H and O–H groups in total. The summed E-state index contributed by atoms with van der Waals surface area (Å²) in [6.07, 6.45) is 3.35. The van der Waals surface area contributed by atoms with Crippen LogP contribution in [0, 0.1) is 13.8 Å². The van der Waals surface area contributed by atoms with Gasteiger partial charge in [-0.25, -0.2) is 0 Å². The van der Waals surface area contributed by atoms with Gasteiger partial charge < -0.3 is 28.5 Å². The molecule has 8 nitrogen and oxygen atoms in total. The summed E-state index contributed by atoms with van der Waals surface area (Å²) in [5.74, 6) is 1.86. The number of nitrogens with zero attached hydrogens (tertiary/aromatic N) is 3. The van der Waals surface area contributed by atoms with Crippen molar-refractivity contribution in [1.29, 1.82) is 0 Å². The zero-order valence-corrected chi connectivity index (χ0v) is 21.3. The van der Waals surface area contributed by atoms with Crippen LogP contribution in [0.15, 0.2) is 53.1 Å². The summed E-state index contributed by atoms with van der Waals surface area (Å²) in [5.41, 5.74) is 4.84. The maximum atomic E-state index is 12.7. The van der Waals surface area contributed by atoms with Gasteiger partial charge in [0.05, 0.1) is 31.6 Å². The quantitative estimate of drug-likeness (QED) is 0.411. The molecule has 36 heavy (non-hydrogen) atoms. The van der Waals surface area contributed by atoms with Crippen molar-refractivity contribution in [2.75, 3.05) is 45.4 Å². The molecule has 0 bridgehead atoms. The van der Waals surface area contributed by atoms with E-state index < -0.39 is 0 Å². The SMILES string of the molecule is COc1cc(/C=C/C(=O)N(C)Cc2ccc(N3CCOCC3)cc2)ccc1OCc1c(C)noc1C. The van der Waals surface area contributed by atoms with Gasteiger partial charge in [0, 0.05) is 38.4 Å². The summed E-state index contributed by atoms with van der Waals surface area (Å²) in [7, 11) is 3.39. The molecule has 190 valence electrons. The zero-order valence-electron chi connectivity index (χ0n) is 21.3. The highest BCUT2D eigenvalue weighted by atomic mass is 16.5. The summed E-state index contributed by atoms with van der Waals surface area (Å²) >= 11 is 0. The van der Waals surface area contributed by atoms with E-state index in [9.17, 15) is 4.79 Å². The van der Waals surface area contributed by atoms with Crippen LogP contribution in [0.3, 0.4) is 0 Å². The average Bonchev–Trinajstić information content (AvgIpc) is 3.23. The van der Waals surface area contributed by atoms with Crippen molar-refractivity contribution < 1.29 is 23.5 Å². The van der Waals surface area contributed by atoms with E-state index in [1.54, 1.807) is 31.2 Å². The van der Waals surface area contributed by atoms with Gasteiger partial charge >= 0.3 is 0 Å². The summed E-state index contributed by atoms with van der Waals surface area (Å²) in [4.78, 5) is 16.7. The second kappa shape index (κ2) is 11.8. The highest BCUT2D eigenvalue weighted by Gasteiger charge is 2.13. The molecule has 4 rings (SSSR count). The standard InChI is InChI=1S/C28H33N3O5/c1-20-25(21(2)36-29-20)19-35-26-11-7-22(17-27(26)33-4)8-12-28(32)30(3)18-23-5-9-24(10-6-23)31-13-15-34-16-14-31/h5-12,17H,13-16,18-19H2,1-4H3/b12-8+. The Morgan fingerprint density at radius 3 is 2.53 bits per heavy atom. The van der Waals surface area contributed by atoms with Crippen LogP contribution in [-0.2, 0) is 22.7 Å². The van der Waals surface area contributed by atoms with Crippen molar-refractivity contribution in [3.8, 4) is 11.5 Å². The topological polar surface area (TPSA) is 77.3 Å². The first kappa shape index (κ1) is 25.3. The van der Waals surface area contributed by atoms with Gasteiger partial charge in [-0.1, -0.05) is 23.4 Å². The van der Waals surface area contributed by atoms with E-state index in [1.165, 1.54) is 5.69 Å². The van der Waals surface area contributed by atoms with Crippen LogP contribution in [0.2, 0.25) is 0 Å². The van der Waals surface area contributed by atoms with Gasteiger partial charge in [-0.15, -0.1) is 0 Å². The van der Waals surface area contributed by atoms with Gasteiger partial charge in [0.15, 0.2) is 11.5 Å². The molecule has 2 heterocycles. The van der Waals surface area contributed by atoms with Crippen molar-refractivity contribution in [2.24, 2.45) is 0 Å². The lowest BCUT2D eigenvalue weighted by Gasteiger charge is -2.29. The van der Waals surface area contributed by atoms with E-state index in [1.807, 2.05) is 32.0 Å². The Kier molecular flexibility index (Phi) is 8.28. The van der Waals surface area contributed by atoms with Crippen molar-refractivity contribution in [3.63, 3.8) is 0 Å². The third-order valence-corrected chi connectivity index (χ3v) is 6.27. The van der Waals surface area contributed by atoms with E-state index in [0.29, 0.717) is 24.7 Å². The van der Waals surface area contributed by atoms with E-state index in [2.05, 4.69) is 34.3 Å².